The third-order valence-electron chi connectivity index (χ3n) is 4.20. The molecule has 112 valence electrons. The summed E-state index contributed by atoms with van der Waals surface area (Å²) in [6.45, 7) is 5.74. The van der Waals surface area contributed by atoms with Crippen LogP contribution in [0.5, 0.6) is 5.75 Å². The van der Waals surface area contributed by atoms with E-state index in [0.717, 1.165) is 47.4 Å². The summed E-state index contributed by atoms with van der Waals surface area (Å²) in [7, 11) is 0. The first-order chi connectivity index (χ1) is 10.1. The van der Waals surface area contributed by atoms with Crippen LogP contribution in [0.3, 0.4) is 0 Å². The van der Waals surface area contributed by atoms with Crippen LogP contribution in [0.15, 0.2) is 27.2 Å². The van der Waals surface area contributed by atoms with Gasteiger partial charge in [0.05, 0.1) is 5.69 Å². The van der Waals surface area contributed by atoms with Crippen LogP contribution in [-0.2, 0) is 6.54 Å². The highest BCUT2D eigenvalue weighted by molar-refractivity contribution is 9.10. The Labute approximate surface area is 132 Å². The molecule has 1 N–H and O–H groups in total. The fourth-order valence-corrected chi connectivity index (χ4v) is 3.62. The number of benzene rings is 1. The van der Waals surface area contributed by atoms with Gasteiger partial charge in [-0.2, -0.15) is 0 Å². The van der Waals surface area contributed by atoms with Crippen molar-refractivity contribution in [1.82, 2.24) is 10.1 Å². The Hall–Kier alpha value is -1.33. The highest BCUT2D eigenvalue weighted by Crippen LogP contribution is 2.37. The number of nitrogens with zero attached hydrogens (tertiary/aromatic N) is 2. The minimum absolute atomic E-state index is 0.328. The largest absolute Gasteiger partial charge is 0.508 e. The molecule has 2 heterocycles. The monoisotopic (exact) mass is 350 g/mol. The number of halogens is 1. The molecule has 1 saturated heterocycles. The van der Waals surface area contributed by atoms with Crippen LogP contribution >= 0.6 is 15.9 Å². The summed E-state index contributed by atoms with van der Waals surface area (Å²) in [5, 5.41) is 14.1. The molecule has 4 nitrogen and oxygen atoms in total. The normalized spacial score (nSPS) is 19.3. The van der Waals surface area contributed by atoms with E-state index in [2.05, 4.69) is 26.0 Å². The third-order valence-corrected chi connectivity index (χ3v) is 4.69. The summed E-state index contributed by atoms with van der Waals surface area (Å²) in [4.78, 5) is 2.40. The number of likely N-dealkylation sites (tertiary alicyclic amines) is 1. The first kappa shape index (κ1) is 14.6. The molecule has 0 amide bonds. The maximum atomic E-state index is 10.0. The highest BCUT2D eigenvalue weighted by atomic mass is 79.9. The van der Waals surface area contributed by atoms with E-state index in [-0.39, 0.29) is 0 Å². The van der Waals surface area contributed by atoms with Crippen molar-refractivity contribution in [2.24, 2.45) is 0 Å². The number of phenols is 1. The van der Waals surface area contributed by atoms with E-state index in [4.69, 9.17) is 4.52 Å². The number of hydrogen-bond donors (Lipinski definition) is 1. The van der Waals surface area contributed by atoms with E-state index >= 15 is 0 Å². The lowest BCUT2D eigenvalue weighted by atomic mass is 10.0. The summed E-state index contributed by atoms with van der Waals surface area (Å²) in [5.74, 6) is 1.26. The maximum Gasteiger partial charge on any atom is 0.138 e. The summed E-state index contributed by atoms with van der Waals surface area (Å²) in [6.07, 6.45) is 2.27. The van der Waals surface area contributed by atoms with Gasteiger partial charge in [0, 0.05) is 28.2 Å². The van der Waals surface area contributed by atoms with Gasteiger partial charge in [-0.15, -0.1) is 0 Å². The molecule has 0 saturated carbocycles. The van der Waals surface area contributed by atoms with E-state index in [0.29, 0.717) is 11.8 Å². The third kappa shape index (κ3) is 2.85. The average Bonchev–Trinajstić information content (AvgIpc) is 3.01. The number of aryl methyl sites for hydroxylation is 2. The van der Waals surface area contributed by atoms with Crippen molar-refractivity contribution in [3.63, 3.8) is 0 Å². The number of aromatic hydroxyl groups is 1. The minimum Gasteiger partial charge on any atom is -0.508 e. The van der Waals surface area contributed by atoms with E-state index in [9.17, 15) is 5.11 Å². The quantitative estimate of drug-likeness (QED) is 0.905. The van der Waals surface area contributed by atoms with Crippen molar-refractivity contribution in [1.29, 1.82) is 0 Å². The lowest BCUT2D eigenvalue weighted by molar-refractivity contribution is 0.242. The van der Waals surface area contributed by atoms with Gasteiger partial charge in [0.2, 0.25) is 0 Å². The SMILES string of the molecule is Cc1noc(C)c1C1CCCN1Cc1cc(Br)ccc1O. The van der Waals surface area contributed by atoms with Gasteiger partial charge >= 0.3 is 0 Å². The molecule has 0 radical (unpaired) electrons. The lowest BCUT2D eigenvalue weighted by Gasteiger charge is -2.25. The molecule has 1 aromatic carbocycles. The van der Waals surface area contributed by atoms with Crippen molar-refractivity contribution in [2.45, 2.75) is 39.3 Å². The Morgan fingerprint density at radius 2 is 2.24 bits per heavy atom. The average molecular weight is 351 g/mol. The maximum absolute atomic E-state index is 10.0. The van der Waals surface area contributed by atoms with Gasteiger partial charge in [-0.25, -0.2) is 0 Å². The first-order valence-corrected chi connectivity index (χ1v) is 8.00. The van der Waals surface area contributed by atoms with E-state index < -0.39 is 0 Å². The Bertz CT molecular complexity index is 634. The van der Waals surface area contributed by atoms with Crippen molar-refractivity contribution in [3.8, 4) is 5.75 Å². The summed E-state index contributed by atoms with van der Waals surface area (Å²) in [6, 6.07) is 5.90. The van der Waals surface area contributed by atoms with Crippen LogP contribution in [0.25, 0.3) is 0 Å². The highest BCUT2D eigenvalue weighted by Gasteiger charge is 2.31. The zero-order valence-corrected chi connectivity index (χ0v) is 13.9. The molecule has 0 bridgehead atoms. The molecule has 5 heteroatoms. The molecule has 3 rings (SSSR count). The molecular formula is C16H19BrN2O2. The molecule has 1 aliphatic rings. The van der Waals surface area contributed by atoms with Crippen molar-refractivity contribution in [3.05, 3.63) is 45.3 Å². The number of aromatic nitrogens is 1. The molecular weight excluding hydrogens is 332 g/mol. The predicted octanol–water partition coefficient (Wildman–Crippen LogP) is 4.10. The van der Waals surface area contributed by atoms with Gasteiger partial charge in [0.15, 0.2) is 0 Å². The summed E-state index contributed by atoms with van der Waals surface area (Å²) < 4.78 is 6.30. The lowest BCUT2D eigenvalue weighted by Crippen LogP contribution is -2.23. The second kappa shape index (κ2) is 5.81. The second-order valence-electron chi connectivity index (χ2n) is 5.64. The molecule has 2 aromatic rings. The Morgan fingerprint density at radius 1 is 1.43 bits per heavy atom. The predicted molar refractivity (Wildman–Crippen MR) is 84.2 cm³/mol. The molecule has 1 aromatic heterocycles. The first-order valence-electron chi connectivity index (χ1n) is 7.20. The number of rotatable bonds is 3. The zero-order chi connectivity index (χ0) is 15.0. The summed E-state index contributed by atoms with van der Waals surface area (Å²) >= 11 is 3.47. The Morgan fingerprint density at radius 3 is 2.95 bits per heavy atom. The topological polar surface area (TPSA) is 49.5 Å². The standard InChI is InChI=1S/C16H19BrN2O2/c1-10-16(11(2)21-18-10)14-4-3-7-19(14)9-12-8-13(17)5-6-15(12)20/h5-6,8,14,20H,3-4,7,9H2,1-2H3. The van der Waals surface area contributed by atoms with Crippen LogP contribution in [0.2, 0.25) is 0 Å². The minimum atomic E-state index is 0.328. The van der Waals surface area contributed by atoms with Crippen molar-refractivity contribution in [2.75, 3.05) is 6.54 Å². The van der Waals surface area contributed by atoms with Gasteiger partial charge in [0.1, 0.15) is 11.5 Å². The van der Waals surface area contributed by atoms with Gasteiger partial charge in [-0.3, -0.25) is 4.90 Å². The van der Waals surface area contributed by atoms with Crippen LogP contribution in [0.1, 0.15) is 41.5 Å². The van der Waals surface area contributed by atoms with Crippen molar-refractivity contribution < 1.29 is 9.63 Å². The van der Waals surface area contributed by atoms with Gasteiger partial charge < -0.3 is 9.63 Å². The van der Waals surface area contributed by atoms with Gasteiger partial charge in [-0.1, -0.05) is 21.1 Å². The summed E-state index contributed by atoms with van der Waals surface area (Å²) in [5.41, 5.74) is 3.13. The molecule has 1 fully saturated rings. The van der Waals surface area contributed by atoms with Crippen LogP contribution in [0, 0.1) is 13.8 Å². The van der Waals surface area contributed by atoms with E-state index in [1.165, 1.54) is 5.56 Å². The molecule has 0 spiro atoms. The molecule has 21 heavy (non-hydrogen) atoms. The Kier molecular flexibility index (Phi) is 4.04. The van der Waals surface area contributed by atoms with Gasteiger partial charge in [-0.05, 0) is 51.4 Å². The van der Waals surface area contributed by atoms with Crippen molar-refractivity contribution >= 4 is 15.9 Å². The molecule has 1 unspecified atom stereocenters. The second-order valence-corrected chi connectivity index (χ2v) is 6.56. The van der Waals surface area contributed by atoms with Gasteiger partial charge in [0.25, 0.3) is 0 Å². The van der Waals surface area contributed by atoms with E-state index in [1.807, 2.05) is 26.0 Å². The number of phenolic OH excluding ortho intramolecular Hbond substituents is 1. The fraction of sp³-hybridized carbons (Fsp3) is 0.438. The van der Waals surface area contributed by atoms with Crippen LogP contribution in [-0.4, -0.2) is 21.7 Å². The molecule has 1 atom stereocenters. The van der Waals surface area contributed by atoms with Crippen LogP contribution < -0.4 is 0 Å². The smallest absolute Gasteiger partial charge is 0.138 e. The molecule has 1 aliphatic heterocycles. The number of hydrogen-bond acceptors (Lipinski definition) is 4. The fourth-order valence-electron chi connectivity index (χ4n) is 3.21. The zero-order valence-electron chi connectivity index (χ0n) is 12.3. The molecule has 0 aliphatic carbocycles. The van der Waals surface area contributed by atoms with E-state index in [1.54, 1.807) is 6.07 Å². The Balaban J connectivity index is 1.86. The van der Waals surface area contributed by atoms with Crippen LogP contribution in [0.4, 0.5) is 0 Å².